The number of hydrogen-bond acceptors (Lipinski definition) is 4. The second-order valence-corrected chi connectivity index (χ2v) is 6.00. The highest BCUT2D eigenvalue weighted by molar-refractivity contribution is 6.31. The minimum absolute atomic E-state index is 0.323. The Morgan fingerprint density at radius 3 is 2.58 bits per heavy atom. The van der Waals surface area contributed by atoms with E-state index in [9.17, 15) is 9.59 Å². The molecule has 0 spiro atoms. The highest BCUT2D eigenvalue weighted by Gasteiger charge is 2.14. The van der Waals surface area contributed by atoms with Gasteiger partial charge in [0, 0.05) is 27.4 Å². The van der Waals surface area contributed by atoms with Gasteiger partial charge in [0.05, 0.1) is 5.56 Å². The average molecular weight is 339 g/mol. The zero-order valence-corrected chi connectivity index (χ0v) is 13.4. The number of hydrogen-bond donors (Lipinski definition) is 0. The lowest BCUT2D eigenvalue weighted by Crippen LogP contribution is -2.05. The van der Waals surface area contributed by atoms with E-state index in [1.807, 2.05) is 19.1 Å². The van der Waals surface area contributed by atoms with Gasteiger partial charge in [-0.05, 0) is 36.8 Å². The fourth-order valence-corrected chi connectivity index (χ4v) is 3.02. The standard InChI is InChI=1S/C19H11ClO4/c1-10-7-17(21)24-18-13(10)3-2-4-14(18)15-9-11-8-12(20)5-6-16(11)23-19(15)22/h2-9H,1H3. The molecule has 24 heavy (non-hydrogen) atoms. The molecule has 0 N–H and O–H groups in total. The van der Waals surface area contributed by atoms with Crippen molar-refractivity contribution in [3.05, 3.63) is 80.0 Å². The minimum atomic E-state index is -0.499. The minimum Gasteiger partial charge on any atom is -0.422 e. The van der Waals surface area contributed by atoms with Crippen molar-refractivity contribution >= 4 is 33.5 Å². The van der Waals surface area contributed by atoms with Crippen LogP contribution in [0.4, 0.5) is 0 Å². The van der Waals surface area contributed by atoms with Crippen LogP contribution in [0.3, 0.4) is 0 Å². The molecule has 0 fully saturated rings. The van der Waals surface area contributed by atoms with Crippen LogP contribution in [-0.2, 0) is 0 Å². The topological polar surface area (TPSA) is 60.4 Å². The Morgan fingerprint density at radius 2 is 1.75 bits per heavy atom. The molecule has 0 aliphatic carbocycles. The SMILES string of the molecule is Cc1cc(=O)oc2c(-c3cc4cc(Cl)ccc4oc3=O)cccc12. The van der Waals surface area contributed by atoms with Crippen molar-refractivity contribution in [2.24, 2.45) is 0 Å². The van der Waals surface area contributed by atoms with Crippen molar-refractivity contribution in [1.82, 2.24) is 0 Å². The lowest BCUT2D eigenvalue weighted by molar-refractivity contribution is 0.555. The number of benzene rings is 2. The highest BCUT2D eigenvalue weighted by atomic mass is 35.5. The number of aryl methyl sites for hydroxylation is 1. The second kappa shape index (κ2) is 5.35. The largest absolute Gasteiger partial charge is 0.422 e. The summed E-state index contributed by atoms with van der Waals surface area (Å²) in [6.45, 7) is 1.83. The van der Waals surface area contributed by atoms with Crippen LogP contribution in [0.5, 0.6) is 0 Å². The summed E-state index contributed by atoms with van der Waals surface area (Å²) in [5, 5.41) is 2.02. The van der Waals surface area contributed by atoms with Gasteiger partial charge in [-0.1, -0.05) is 29.8 Å². The first kappa shape index (κ1) is 14.7. The Balaban J connectivity index is 2.11. The van der Waals surface area contributed by atoms with Crippen molar-refractivity contribution in [3.8, 4) is 11.1 Å². The van der Waals surface area contributed by atoms with Crippen LogP contribution in [0.2, 0.25) is 5.02 Å². The highest BCUT2D eigenvalue weighted by Crippen LogP contribution is 2.29. The zero-order chi connectivity index (χ0) is 16.8. The van der Waals surface area contributed by atoms with Gasteiger partial charge in [-0.25, -0.2) is 9.59 Å². The van der Waals surface area contributed by atoms with Gasteiger partial charge in [0.25, 0.3) is 0 Å². The summed E-state index contributed by atoms with van der Waals surface area (Å²) in [5.74, 6) is 0. The van der Waals surface area contributed by atoms with Gasteiger partial charge >= 0.3 is 11.3 Å². The fourth-order valence-electron chi connectivity index (χ4n) is 2.84. The number of fused-ring (bicyclic) bond motifs is 2. The third-order valence-corrected chi connectivity index (χ3v) is 4.20. The van der Waals surface area contributed by atoms with Gasteiger partial charge in [0.15, 0.2) is 0 Å². The number of para-hydroxylation sites is 1. The van der Waals surface area contributed by atoms with E-state index in [1.54, 1.807) is 30.3 Å². The van der Waals surface area contributed by atoms with Gasteiger partial charge < -0.3 is 8.83 Å². The maximum Gasteiger partial charge on any atom is 0.344 e. The molecule has 4 nitrogen and oxygen atoms in total. The van der Waals surface area contributed by atoms with Crippen LogP contribution in [-0.4, -0.2) is 0 Å². The monoisotopic (exact) mass is 338 g/mol. The average Bonchev–Trinajstić information content (AvgIpc) is 2.54. The summed E-state index contributed by atoms with van der Waals surface area (Å²) < 4.78 is 10.7. The van der Waals surface area contributed by atoms with Gasteiger partial charge in [-0.2, -0.15) is 0 Å². The van der Waals surface area contributed by atoms with Gasteiger partial charge in [0.2, 0.25) is 0 Å². The van der Waals surface area contributed by atoms with E-state index in [0.29, 0.717) is 32.7 Å². The molecule has 4 rings (SSSR count). The normalized spacial score (nSPS) is 11.2. The molecule has 0 aliphatic rings. The van der Waals surface area contributed by atoms with E-state index in [4.69, 9.17) is 20.4 Å². The molecular weight excluding hydrogens is 328 g/mol. The second-order valence-electron chi connectivity index (χ2n) is 5.56. The summed E-state index contributed by atoms with van der Waals surface area (Å²) in [7, 11) is 0. The first-order valence-electron chi connectivity index (χ1n) is 7.30. The molecule has 5 heteroatoms. The smallest absolute Gasteiger partial charge is 0.344 e. The summed E-state index contributed by atoms with van der Waals surface area (Å²) in [6, 6.07) is 13.5. The van der Waals surface area contributed by atoms with E-state index in [1.165, 1.54) is 6.07 Å². The molecule has 0 amide bonds. The molecule has 2 aromatic heterocycles. The van der Waals surface area contributed by atoms with E-state index >= 15 is 0 Å². The molecule has 0 atom stereocenters. The lowest BCUT2D eigenvalue weighted by atomic mass is 10.0. The summed E-state index contributed by atoms with van der Waals surface area (Å²) in [5.41, 5.74) is 1.49. The summed E-state index contributed by atoms with van der Waals surface area (Å²) in [6.07, 6.45) is 0. The molecule has 2 heterocycles. The lowest BCUT2D eigenvalue weighted by Gasteiger charge is -2.07. The summed E-state index contributed by atoms with van der Waals surface area (Å²) in [4.78, 5) is 24.2. The predicted molar refractivity (Wildman–Crippen MR) is 93.7 cm³/mol. The third kappa shape index (κ3) is 2.32. The van der Waals surface area contributed by atoms with Crippen LogP contribution in [0.1, 0.15) is 5.56 Å². The maximum atomic E-state index is 12.4. The molecule has 0 bridgehead atoms. The molecule has 0 aliphatic heterocycles. The van der Waals surface area contributed by atoms with Gasteiger partial charge in [-0.3, -0.25) is 0 Å². The molecule has 0 unspecified atom stereocenters. The van der Waals surface area contributed by atoms with Crippen LogP contribution in [0, 0.1) is 6.92 Å². The van der Waals surface area contributed by atoms with Crippen LogP contribution in [0.25, 0.3) is 33.1 Å². The number of rotatable bonds is 1. The Morgan fingerprint density at radius 1 is 0.917 bits per heavy atom. The van der Waals surface area contributed by atoms with Crippen molar-refractivity contribution in [2.45, 2.75) is 6.92 Å². The zero-order valence-electron chi connectivity index (χ0n) is 12.6. The molecule has 4 aromatic rings. The van der Waals surface area contributed by atoms with Crippen LogP contribution in [0.15, 0.2) is 67.0 Å². The first-order chi connectivity index (χ1) is 11.5. The first-order valence-corrected chi connectivity index (χ1v) is 7.68. The fraction of sp³-hybridized carbons (Fsp3) is 0.0526. The van der Waals surface area contributed by atoms with Gasteiger partial charge in [-0.15, -0.1) is 0 Å². The van der Waals surface area contributed by atoms with Crippen molar-refractivity contribution in [2.75, 3.05) is 0 Å². The van der Waals surface area contributed by atoms with Crippen LogP contribution >= 0.6 is 11.6 Å². The summed E-state index contributed by atoms with van der Waals surface area (Å²) >= 11 is 6.01. The van der Waals surface area contributed by atoms with E-state index in [0.717, 1.165) is 10.9 Å². The van der Waals surface area contributed by atoms with Crippen molar-refractivity contribution in [3.63, 3.8) is 0 Å². The van der Waals surface area contributed by atoms with Crippen molar-refractivity contribution < 1.29 is 8.83 Å². The third-order valence-electron chi connectivity index (χ3n) is 3.96. The Hall–Kier alpha value is -2.85. The Labute approximate surface area is 140 Å². The quantitative estimate of drug-likeness (QED) is 0.478. The molecule has 118 valence electrons. The van der Waals surface area contributed by atoms with E-state index in [-0.39, 0.29) is 0 Å². The Kier molecular flexibility index (Phi) is 3.28. The van der Waals surface area contributed by atoms with Crippen LogP contribution < -0.4 is 11.3 Å². The molecular formula is C19H11ClO4. The Bertz CT molecular complexity index is 1220. The predicted octanol–water partition coefficient (Wildman–Crippen LogP) is 4.53. The molecule has 0 saturated carbocycles. The number of halogens is 1. The maximum absolute atomic E-state index is 12.4. The molecule has 0 saturated heterocycles. The molecule has 0 radical (unpaired) electrons. The van der Waals surface area contributed by atoms with Crippen molar-refractivity contribution in [1.29, 1.82) is 0 Å². The van der Waals surface area contributed by atoms with E-state index in [2.05, 4.69) is 0 Å². The van der Waals surface area contributed by atoms with Gasteiger partial charge in [0.1, 0.15) is 11.2 Å². The molecule has 2 aromatic carbocycles. The van der Waals surface area contributed by atoms with E-state index < -0.39 is 11.3 Å².